The zero-order valence-electron chi connectivity index (χ0n) is 11.4. The molecule has 2 aliphatic rings. The Balaban J connectivity index is 1.63. The van der Waals surface area contributed by atoms with Crippen LogP contribution in [0, 0.1) is 5.92 Å². The van der Waals surface area contributed by atoms with E-state index >= 15 is 0 Å². The Bertz CT molecular complexity index is 597. The summed E-state index contributed by atoms with van der Waals surface area (Å²) in [5.74, 6) is 0.455. The molecule has 2 aromatic carbocycles. The number of hydrogen-bond donors (Lipinski definition) is 1. The van der Waals surface area contributed by atoms with Crippen molar-refractivity contribution in [1.82, 2.24) is 4.90 Å². The largest absolute Gasteiger partial charge is 0.388 e. The van der Waals surface area contributed by atoms with Crippen LogP contribution in [0.15, 0.2) is 60.7 Å². The molecule has 102 valence electrons. The normalized spacial score (nSPS) is 32.0. The third-order valence-electron chi connectivity index (χ3n) is 4.76. The van der Waals surface area contributed by atoms with Crippen LogP contribution < -0.4 is 0 Å². The van der Waals surface area contributed by atoms with Crippen molar-refractivity contribution in [3.63, 3.8) is 0 Å². The van der Waals surface area contributed by atoms with Gasteiger partial charge in [0.1, 0.15) is 0 Å². The van der Waals surface area contributed by atoms with E-state index in [-0.39, 0.29) is 6.04 Å². The summed E-state index contributed by atoms with van der Waals surface area (Å²) in [6.45, 7) is 1.92. The monoisotopic (exact) mass is 265 g/mol. The number of nitrogens with zero attached hydrogens (tertiary/aromatic N) is 1. The highest BCUT2D eigenvalue weighted by atomic mass is 16.3. The molecule has 20 heavy (non-hydrogen) atoms. The molecule has 4 rings (SSSR count). The van der Waals surface area contributed by atoms with Gasteiger partial charge in [-0.15, -0.1) is 0 Å². The number of hydrogen-bond acceptors (Lipinski definition) is 2. The summed E-state index contributed by atoms with van der Waals surface area (Å²) in [6.07, 6.45) is 0.956. The van der Waals surface area contributed by atoms with Gasteiger partial charge in [-0.3, -0.25) is 4.90 Å². The number of fused-ring (bicyclic) bond motifs is 1. The Morgan fingerprint density at radius 2 is 1.65 bits per heavy atom. The predicted octanol–water partition coefficient (Wildman–Crippen LogP) is 2.99. The maximum Gasteiger partial charge on any atom is 0.0889 e. The van der Waals surface area contributed by atoms with E-state index in [9.17, 15) is 5.11 Å². The average Bonchev–Trinajstić information content (AvgIpc) is 3.03. The first kappa shape index (κ1) is 12.1. The molecule has 1 saturated heterocycles. The molecule has 3 unspecified atom stereocenters. The summed E-state index contributed by atoms with van der Waals surface area (Å²) in [5, 5.41) is 10.8. The summed E-state index contributed by atoms with van der Waals surface area (Å²) in [7, 11) is 0. The van der Waals surface area contributed by atoms with Crippen LogP contribution in [0.2, 0.25) is 0 Å². The van der Waals surface area contributed by atoms with Crippen LogP contribution in [-0.2, 0) is 6.54 Å². The van der Waals surface area contributed by atoms with E-state index in [1.54, 1.807) is 0 Å². The smallest absolute Gasteiger partial charge is 0.0889 e. The molecule has 2 fully saturated rings. The lowest BCUT2D eigenvalue weighted by atomic mass is 9.99. The number of benzene rings is 2. The molecule has 0 amide bonds. The van der Waals surface area contributed by atoms with Crippen molar-refractivity contribution in [1.29, 1.82) is 0 Å². The fraction of sp³-hybridized carbons (Fsp3) is 0.333. The van der Waals surface area contributed by atoms with E-state index in [4.69, 9.17) is 0 Å². The van der Waals surface area contributed by atoms with Gasteiger partial charge in [-0.05, 0) is 17.5 Å². The Hall–Kier alpha value is -1.64. The van der Waals surface area contributed by atoms with E-state index in [0.717, 1.165) is 19.5 Å². The van der Waals surface area contributed by atoms with Crippen molar-refractivity contribution in [3.8, 4) is 0 Å². The highest BCUT2D eigenvalue weighted by Gasteiger charge is 2.65. The van der Waals surface area contributed by atoms with Crippen molar-refractivity contribution in [2.45, 2.75) is 24.6 Å². The van der Waals surface area contributed by atoms with Crippen molar-refractivity contribution < 1.29 is 5.11 Å². The molecule has 2 heteroatoms. The van der Waals surface area contributed by atoms with Gasteiger partial charge in [0, 0.05) is 19.0 Å². The highest BCUT2D eigenvalue weighted by molar-refractivity contribution is 5.31. The van der Waals surface area contributed by atoms with Gasteiger partial charge in [-0.2, -0.15) is 0 Å². The molecule has 3 atom stereocenters. The van der Waals surface area contributed by atoms with Gasteiger partial charge in [-0.25, -0.2) is 0 Å². The molecule has 0 bridgehead atoms. The molecule has 0 spiro atoms. The first-order valence-electron chi connectivity index (χ1n) is 7.33. The molecule has 1 saturated carbocycles. The zero-order chi connectivity index (χ0) is 13.6. The van der Waals surface area contributed by atoms with Gasteiger partial charge in [0.25, 0.3) is 0 Å². The Morgan fingerprint density at radius 3 is 2.35 bits per heavy atom. The van der Waals surface area contributed by atoms with Crippen LogP contribution in [-0.4, -0.2) is 22.2 Å². The number of likely N-dealkylation sites (tertiary alicyclic amines) is 1. The van der Waals surface area contributed by atoms with Crippen LogP contribution in [0.3, 0.4) is 0 Å². The van der Waals surface area contributed by atoms with E-state index in [2.05, 4.69) is 53.4 Å². The summed E-state index contributed by atoms with van der Waals surface area (Å²) < 4.78 is 0. The fourth-order valence-electron chi connectivity index (χ4n) is 3.71. The van der Waals surface area contributed by atoms with Gasteiger partial charge in [-0.1, -0.05) is 60.7 Å². The topological polar surface area (TPSA) is 23.5 Å². The molecular formula is C18H19NO. The minimum atomic E-state index is -0.490. The van der Waals surface area contributed by atoms with E-state index in [1.165, 1.54) is 11.1 Å². The predicted molar refractivity (Wildman–Crippen MR) is 79.1 cm³/mol. The standard InChI is InChI=1S/C18H19NO/c20-18-11-16(18)13-19(12-14-7-3-1-4-8-14)17(18)15-9-5-2-6-10-15/h1-10,16-17,20H,11-13H2. The summed E-state index contributed by atoms with van der Waals surface area (Å²) in [6, 6.07) is 21.1. The lowest BCUT2D eigenvalue weighted by Crippen LogP contribution is -2.31. The lowest BCUT2D eigenvalue weighted by molar-refractivity contribution is 0.0643. The third-order valence-corrected chi connectivity index (χ3v) is 4.76. The Kier molecular flexibility index (Phi) is 2.69. The second-order valence-corrected chi connectivity index (χ2v) is 6.12. The lowest BCUT2D eigenvalue weighted by Gasteiger charge is -2.30. The van der Waals surface area contributed by atoms with Crippen LogP contribution in [0.4, 0.5) is 0 Å². The van der Waals surface area contributed by atoms with E-state index in [1.807, 2.05) is 12.1 Å². The Morgan fingerprint density at radius 1 is 1.00 bits per heavy atom. The first-order chi connectivity index (χ1) is 9.77. The van der Waals surface area contributed by atoms with Crippen molar-refractivity contribution in [2.24, 2.45) is 5.92 Å². The number of aliphatic hydroxyl groups is 1. The molecule has 0 aromatic heterocycles. The van der Waals surface area contributed by atoms with E-state index in [0.29, 0.717) is 5.92 Å². The van der Waals surface area contributed by atoms with Gasteiger partial charge in [0.15, 0.2) is 0 Å². The van der Waals surface area contributed by atoms with E-state index < -0.39 is 5.60 Å². The second kappa shape index (κ2) is 4.44. The number of piperidine rings is 1. The van der Waals surface area contributed by atoms with Gasteiger partial charge < -0.3 is 5.11 Å². The summed E-state index contributed by atoms with van der Waals surface area (Å²) >= 11 is 0. The maximum atomic E-state index is 10.8. The van der Waals surface area contributed by atoms with Gasteiger partial charge in [0.05, 0.1) is 11.6 Å². The molecule has 1 N–H and O–H groups in total. The number of rotatable bonds is 3. The Labute approximate surface area is 119 Å². The summed E-state index contributed by atoms with van der Waals surface area (Å²) in [5.41, 5.74) is 2.07. The van der Waals surface area contributed by atoms with Crippen molar-refractivity contribution >= 4 is 0 Å². The molecule has 0 radical (unpaired) electrons. The van der Waals surface area contributed by atoms with Crippen LogP contribution in [0.25, 0.3) is 0 Å². The quantitative estimate of drug-likeness (QED) is 0.922. The molecule has 2 nitrogen and oxygen atoms in total. The van der Waals surface area contributed by atoms with Crippen LogP contribution in [0.5, 0.6) is 0 Å². The molecule has 1 aliphatic heterocycles. The molecule has 1 aliphatic carbocycles. The molecular weight excluding hydrogens is 246 g/mol. The summed E-state index contributed by atoms with van der Waals surface area (Å²) in [4.78, 5) is 2.43. The maximum absolute atomic E-state index is 10.8. The van der Waals surface area contributed by atoms with Crippen LogP contribution in [0.1, 0.15) is 23.6 Å². The second-order valence-electron chi connectivity index (χ2n) is 6.12. The average molecular weight is 265 g/mol. The molecule has 2 aromatic rings. The SMILES string of the molecule is OC12CC1CN(Cc1ccccc1)C2c1ccccc1. The third kappa shape index (κ3) is 1.88. The highest BCUT2D eigenvalue weighted by Crippen LogP contribution is 2.60. The zero-order valence-corrected chi connectivity index (χ0v) is 11.4. The fourth-order valence-corrected chi connectivity index (χ4v) is 3.71. The van der Waals surface area contributed by atoms with Gasteiger partial charge >= 0.3 is 0 Å². The first-order valence-corrected chi connectivity index (χ1v) is 7.33. The minimum Gasteiger partial charge on any atom is -0.388 e. The minimum absolute atomic E-state index is 0.147. The van der Waals surface area contributed by atoms with Crippen molar-refractivity contribution in [2.75, 3.05) is 6.54 Å². The molecule has 1 heterocycles. The van der Waals surface area contributed by atoms with Crippen molar-refractivity contribution in [3.05, 3.63) is 71.8 Å². The van der Waals surface area contributed by atoms with Gasteiger partial charge in [0.2, 0.25) is 0 Å². The van der Waals surface area contributed by atoms with Crippen LogP contribution >= 0.6 is 0 Å².